The van der Waals surface area contributed by atoms with Crippen molar-refractivity contribution in [2.24, 2.45) is 0 Å². The maximum absolute atomic E-state index is 10.5. The van der Waals surface area contributed by atoms with Gasteiger partial charge in [0.1, 0.15) is 18.1 Å². The Hall–Kier alpha value is -1.39. The molecule has 13 heavy (non-hydrogen) atoms. The third-order valence-electron chi connectivity index (χ3n) is 2.16. The predicted octanol–water partition coefficient (Wildman–Crippen LogP) is 0.549. The van der Waals surface area contributed by atoms with E-state index in [9.17, 15) is 4.79 Å². The topological polar surface area (TPSA) is 68.0 Å². The highest BCUT2D eigenvalue weighted by atomic mass is 16.4. The number of rotatable bonds is 3. The second-order valence-corrected chi connectivity index (χ2v) is 3.34. The molecule has 0 saturated heterocycles. The number of carboxylic acids is 1. The zero-order valence-electron chi connectivity index (χ0n) is 7.40. The number of aryl methyl sites for hydroxylation is 1. The van der Waals surface area contributed by atoms with Crippen molar-refractivity contribution in [1.29, 1.82) is 0 Å². The quantitative estimate of drug-likeness (QED) is 0.739. The van der Waals surface area contributed by atoms with Gasteiger partial charge in [-0.2, -0.15) is 0 Å². The first kappa shape index (κ1) is 8.22. The third kappa shape index (κ3) is 1.54. The number of carboxylic acid groups (broad SMARTS) is 1. The van der Waals surface area contributed by atoms with Gasteiger partial charge in [0.15, 0.2) is 0 Å². The molecular formula is C8H11N3O2. The van der Waals surface area contributed by atoms with Crippen LogP contribution in [-0.2, 0) is 11.2 Å². The maximum Gasteiger partial charge on any atom is 0.311 e. The summed E-state index contributed by atoms with van der Waals surface area (Å²) in [5.74, 6) is 0.542. The lowest BCUT2D eigenvalue weighted by atomic mass is 10.4. The lowest BCUT2D eigenvalue weighted by Crippen LogP contribution is -2.09. The first-order valence-corrected chi connectivity index (χ1v) is 4.30. The van der Waals surface area contributed by atoms with Gasteiger partial charge in [-0.1, -0.05) is 0 Å². The molecule has 5 heteroatoms. The van der Waals surface area contributed by atoms with Crippen LogP contribution >= 0.6 is 0 Å². The number of aromatic nitrogens is 3. The molecule has 0 aliphatic heterocycles. The van der Waals surface area contributed by atoms with E-state index in [1.54, 1.807) is 0 Å². The van der Waals surface area contributed by atoms with Crippen LogP contribution < -0.4 is 0 Å². The Bertz CT molecular complexity index is 341. The smallest absolute Gasteiger partial charge is 0.311 e. The molecule has 1 aromatic rings. The summed E-state index contributed by atoms with van der Waals surface area (Å²) in [6.07, 6.45) is 2.20. The number of carbonyl (C=O) groups is 1. The summed E-state index contributed by atoms with van der Waals surface area (Å²) in [4.78, 5) is 10.5. The van der Waals surface area contributed by atoms with E-state index >= 15 is 0 Å². The molecule has 0 aromatic carbocycles. The number of nitrogens with zero attached hydrogens (tertiary/aromatic N) is 3. The van der Waals surface area contributed by atoms with E-state index in [0.29, 0.717) is 11.9 Å². The van der Waals surface area contributed by atoms with Gasteiger partial charge in [0.05, 0.1) is 0 Å². The highest BCUT2D eigenvalue weighted by Gasteiger charge is 2.28. The van der Waals surface area contributed by atoms with E-state index in [1.165, 1.54) is 0 Å². The van der Waals surface area contributed by atoms with Gasteiger partial charge in [0.25, 0.3) is 0 Å². The van der Waals surface area contributed by atoms with Gasteiger partial charge in [-0.3, -0.25) is 4.79 Å². The Morgan fingerprint density at radius 2 is 2.31 bits per heavy atom. The van der Waals surface area contributed by atoms with E-state index in [2.05, 4.69) is 10.2 Å². The van der Waals surface area contributed by atoms with E-state index in [1.807, 2.05) is 11.5 Å². The van der Waals surface area contributed by atoms with E-state index in [0.717, 1.165) is 18.7 Å². The zero-order valence-corrected chi connectivity index (χ0v) is 7.40. The Kier molecular flexibility index (Phi) is 1.79. The van der Waals surface area contributed by atoms with E-state index < -0.39 is 5.97 Å². The number of hydrogen-bond donors (Lipinski definition) is 1. The van der Waals surface area contributed by atoms with Crippen LogP contribution in [0.3, 0.4) is 0 Å². The van der Waals surface area contributed by atoms with Crippen LogP contribution in [-0.4, -0.2) is 25.8 Å². The molecule has 1 aliphatic rings. The molecule has 0 bridgehead atoms. The van der Waals surface area contributed by atoms with Gasteiger partial charge >= 0.3 is 5.97 Å². The minimum absolute atomic E-state index is 0.0304. The number of aliphatic carboxylic acids is 1. The monoisotopic (exact) mass is 181 g/mol. The molecular weight excluding hydrogens is 170 g/mol. The summed E-state index contributed by atoms with van der Waals surface area (Å²) in [7, 11) is 0. The Balaban J connectivity index is 2.28. The van der Waals surface area contributed by atoms with Crippen LogP contribution in [0.25, 0.3) is 0 Å². The van der Waals surface area contributed by atoms with Crippen LogP contribution in [0.5, 0.6) is 0 Å². The average molecular weight is 181 g/mol. The minimum atomic E-state index is -0.852. The van der Waals surface area contributed by atoms with Crippen LogP contribution in [0.2, 0.25) is 0 Å². The maximum atomic E-state index is 10.5. The van der Waals surface area contributed by atoms with Crippen LogP contribution in [0.4, 0.5) is 0 Å². The molecule has 1 saturated carbocycles. The summed E-state index contributed by atoms with van der Waals surface area (Å²) >= 11 is 0. The van der Waals surface area contributed by atoms with Gasteiger partial charge < -0.3 is 9.67 Å². The van der Waals surface area contributed by atoms with Crippen LogP contribution in [0, 0.1) is 6.92 Å². The van der Waals surface area contributed by atoms with Crippen LogP contribution in [0.1, 0.15) is 30.5 Å². The average Bonchev–Trinajstić information content (AvgIpc) is 2.79. The molecule has 0 radical (unpaired) electrons. The van der Waals surface area contributed by atoms with Gasteiger partial charge in [0, 0.05) is 6.04 Å². The Morgan fingerprint density at radius 3 is 2.85 bits per heavy atom. The molecule has 1 heterocycles. The van der Waals surface area contributed by atoms with Gasteiger partial charge in [-0.15, -0.1) is 10.2 Å². The van der Waals surface area contributed by atoms with Crippen LogP contribution in [0.15, 0.2) is 0 Å². The molecule has 1 aromatic heterocycles. The van der Waals surface area contributed by atoms with Gasteiger partial charge in [-0.25, -0.2) is 0 Å². The molecule has 2 rings (SSSR count). The van der Waals surface area contributed by atoms with Crippen molar-refractivity contribution in [2.45, 2.75) is 32.2 Å². The molecule has 0 unspecified atom stereocenters. The van der Waals surface area contributed by atoms with Crippen molar-refractivity contribution in [3.8, 4) is 0 Å². The molecule has 0 spiro atoms. The van der Waals surface area contributed by atoms with E-state index in [4.69, 9.17) is 5.11 Å². The summed E-state index contributed by atoms with van der Waals surface area (Å²) in [6.45, 7) is 1.86. The van der Waals surface area contributed by atoms with Crippen molar-refractivity contribution >= 4 is 5.97 Å². The molecule has 0 atom stereocenters. The standard InChI is InChI=1S/C8H11N3O2/c1-5-9-10-7(4-8(12)13)11(5)6-2-3-6/h6H,2-4H2,1H3,(H,12,13). The molecule has 5 nitrogen and oxygen atoms in total. The fourth-order valence-electron chi connectivity index (χ4n) is 1.48. The molecule has 0 amide bonds. The SMILES string of the molecule is Cc1nnc(CC(=O)O)n1C1CC1. The summed E-state index contributed by atoms with van der Waals surface area (Å²) in [6, 6.07) is 0.448. The van der Waals surface area contributed by atoms with Gasteiger partial charge in [-0.05, 0) is 19.8 Å². The highest BCUT2D eigenvalue weighted by molar-refractivity contribution is 5.69. The highest BCUT2D eigenvalue weighted by Crippen LogP contribution is 2.36. The number of hydrogen-bond acceptors (Lipinski definition) is 3. The minimum Gasteiger partial charge on any atom is -0.481 e. The lowest BCUT2D eigenvalue weighted by molar-refractivity contribution is -0.136. The summed E-state index contributed by atoms with van der Waals surface area (Å²) < 4.78 is 1.94. The normalized spacial score (nSPS) is 16.1. The molecule has 1 fully saturated rings. The van der Waals surface area contributed by atoms with Crippen molar-refractivity contribution < 1.29 is 9.90 Å². The van der Waals surface area contributed by atoms with E-state index in [-0.39, 0.29) is 6.42 Å². The first-order valence-electron chi connectivity index (χ1n) is 4.30. The molecule has 1 N–H and O–H groups in total. The predicted molar refractivity (Wildman–Crippen MR) is 44.4 cm³/mol. The van der Waals surface area contributed by atoms with Crippen molar-refractivity contribution in [1.82, 2.24) is 14.8 Å². The van der Waals surface area contributed by atoms with Crippen molar-refractivity contribution in [3.05, 3.63) is 11.6 Å². The largest absolute Gasteiger partial charge is 0.481 e. The zero-order chi connectivity index (χ0) is 9.42. The fraction of sp³-hybridized carbons (Fsp3) is 0.625. The summed E-state index contributed by atoms with van der Waals surface area (Å²) in [5, 5.41) is 16.4. The second kappa shape index (κ2) is 2.83. The van der Waals surface area contributed by atoms with Gasteiger partial charge in [0.2, 0.25) is 0 Å². The Labute approximate surface area is 75.4 Å². The Morgan fingerprint density at radius 1 is 1.62 bits per heavy atom. The van der Waals surface area contributed by atoms with Crippen molar-refractivity contribution in [3.63, 3.8) is 0 Å². The molecule has 1 aliphatic carbocycles. The lowest BCUT2D eigenvalue weighted by Gasteiger charge is -2.03. The third-order valence-corrected chi connectivity index (χ3v) is 2.16. The summed E-state index contributed by atoms with van der Waals surface area (Å²) in [5.41, 5.74) is 0. The first-order chi connectivity index (χ1) is 6.18. The fourth-order valence-corrected chi connectivity index (χ4v) is 1.48. The molecule has 70 valence electrons. The second-order valence-electron chi connectivity index (χ2n) is 3.34. The van der Waals surface area contributed by atoms with Crippen molar-refractivity contribution in [2.75, 3.05) is 0 Å².